The molecule has 116 valence electrons. The number of benzene rings is 1. The Kier molecular flexibility index (Phi) is 6.29. The average Bonchev–Trinajstić information content (AvgIpc) is 2.48. The van der Waals surface area contributed by atoms with Gasteiger partial charge in [-0.15, -0.1) is 0 Å². The Hall–Kier alpha value is -1.30. The minimum Gasteiger partial charge on any atom is -0.465 e. The monoisotopic (exact) mass is 312 g/mol. The lowest BCUT2D eigenvalue weighted by Gasteiger charge is -2.31. The molecule has 1 unspecified atom stereocenters. The molecule has 21 heavy (non-hydrogen) atoms. The van der Waals surface area contributed by atoms with Gasteiger partial charge in [0, 0.05) is 24.0 Å². The van der Waals surface area contributed by atoms with E-state index < -0.39 is 6.09 Å². The Morgan fingerprint density at radius 2 is 2.43 bits per heavy atom. The van der Waals surface area contributed by atoms with Crippen LogP contribution in [0.1, 0.15) is 24.5 Å². The highest BCUT2D eigenvalue weighted by atomic mass is 35.5. The molecule has 1 aliphatic heterocycles. The third-order valence-electron chi connectivity index (χ3n) is 3.62. The van der Waals surface area contributed by atoms with Crippen LogP contribution in [0, 0.1) is 5.92 Å². The Morgan fingerprint density at radius 3 is 3.10 bits per heavy atom. The predicted molar refractivity (Wildman–Crippen MR) is 81.8 cm³/mol. The number of hydrogen-bond donors (Lipinski definition) is 3. The molecule has 2 rings (SSSR count). The largest absolute Gasteiger partial charge is 0.465 e. The quantitative estimate of drug-likeness (QED) is 0.706. The first-order chi connectivity index (χ1) is 10.2. The molecule has 6 heteroatoms. The van der Waals surface area contributed by atoms with Crippen molar-refractivity contribution in [1.82, 2.24) is 10.6 Å². The number of piperidine rings is 1. The van der Waals surface area contributed by atoms with Crippen molar-refractivity contribution in [3.05, 3.63) is 34.9 Å². The summed E-state index contributed by atoms with van der Waals surface area (Å²) in [5, 5.41) is 15.0. The van der Waals surface area contributed by atoms with Gasteiger partial charge in [-0.3, -0.25) is 0 Å². The molecule has 1 aromatic rings. The highest BCUT2D eigenvalue weighted by Crippen LogP contribution is 2.31. The SMILES string of the molecule is O=C(O)NCCO[C@@H](c1cccc(Cl)c1)C1CCCNC1. The fourth-order valence-corrected chi connectivity index (χ4v) is 2.87. The zero-order chi connectivity index (χ0) is 15.1. The lowest BCUT2D eigenvalue weighted by atomic mass is 9.89. The highest BCUT2D eigenvalue weighted by molar-refractivity contribution is 6.30. The van der Waals surface area contributed by atoms with Crippen LogP contribution < -0.4 is 10.6 Å². The molecule has 0 saturated carbocycles. The molecule has 5 nitrogen and oxygen atoms in total. The molecule has 0 bridgehead atoms. The number of rotatable bonds is 6. The van der Waals surface area contributed by atoms with Crippen LogP contribution in [0.3, 0.4) is 0 Å². The standard InChI is InChI=1S/C15H21ClN2O3/c16-13-5-1-3-11(9-13)14(12-4-2-6-17-10-12)21-8-7-18-15(19)20/h1,3,5,9,12,14,17-18H,2,4,6-8,10H2,(H,19,20)/t12?,14-/m0/s1. The molecule has 0 radical (unpaired) electrons. The summed E-state index contributed by atoms with van der Waals surface area (Å²) in [6.45, 7) is 2.58. The van der Waals surface area contributed by atoms with Crippen LogP contribution in [-0.4, -0.2) is 37.4 Å². The van der Waals surface area contributed by atoms with E-state index in [9.17, 15) is 4.79 Å². The second-order valence-electron chi connectivity index (χ2n) is 5.18. The molecule has 0 aromatic heterocycles. The summed E-state index contributed by atoms with van der Waals surface area (Å²) in [5.74, 6) is 0.377. The van der Waals surface area contributed by atoms with E-state index in [1.165, 1.54) is 0 Å². The summed E-state index contributed by atoms with van der Waals surface area (Å²) >= 11 is 6.07. The number of carboxylic acid groups (broad SMARTS) is 1. The first kappa shape index (κ1) is 16.1. The molecule has 1 aromatic carbocycles. The van der Waals surface area contributed by atoms with Crippen molar-refractivity contribution in [2.75, 3.05) is 26.2 Å². The topological polar surface area (TPSA) is 70.6 Å². The van der Waals surface area contributed by atoms with Gasteiger partial charge in [0.05, 0.1) is 12.7 Å². The van der Waals surface area contributed by atoms with Crippen molar-refractivity contribution in [2.45, 2.75) is 18.9 Å². The normalized spacial score (nSPS) is 20.0. The summed E-state index contributed by atoms with van der Waals surface area (Å²) in [6, 6.07) is 7.69. The third-order valence-corrected chi connectivity index (χ3v) is 3.85. The van der Waals surface area contributed by atoms with Gasteiger partial charge in [0.25, 0.3) is 0 Å². The summed E-state index contributed by atoms with van der Waals surface area (Å²) in [7, 11) is 0. The molecule has 1 aliphatic rings. The molecule has 1 heterocycles. The Balaban J connectivity index is 2.01. The Bertz CT molecular complexity index is 464. The molecule has 1 fully saturated rings. The van der Waals surface area contributed by atoms with Gasteiger partial charge in [-0.05, 0) is 37.1 Å². The van der Waals surface area contributed by atoms with E-state index in [0.29, 0.717) is 17.5 Å². The average molecular weight is 313 g/mol. The fraction of sp³-hybridized carbons (Fsp3) is 0.533. The summed E-state index contributed by atoms with van der Waals surface area (Å²) in [5.41, 5.74) is 1.05. The zero-order valence-corrected chi connectivity index (χ0v) is 12.6. The maximum absolute atomic E-state index is 10.5. The summed E-state index contributed by atoms with van der Waals surface area (Å²) < 4.78 is 5.95. The summed E-state index contributed by atoms with van der Waals surface area (Å²) in [4.78, 5) is 10.5. The van der Waals surface area contributed by atoms with Crippen LogP contribution in [0.4, 0.5) is 4.79 Å². The number of ether oxygens (including phenoxy) is 1. The van der Waals surface area contributed by atoms with Crippen molar-refractivity contribution in [3.63, 3.8) is 0 Å². The van der Waals surface area contributed by atoms with Gasteiger partial charge < -0.3 is 20.5 Å². The fourth-order valence-electron chi connectivity index (χ4n) is 2.67. The molecule has 0 aliphatic carbocycles. The molecule has 1 amide bonds. The molecule has 3 N–H and O–H groups in total. The van der Waals surface area contributed by atoms with Crippen LogP contribution in [0.15, 0.2) is 24.3 Å². The molecular weight excluding hydrogens is 292 g/mol. The zero-order valence-electron chi connectivity index (χ0n) is 11.8. The smallest absolute Gasteiger partial charge is 0.404 e. The van der Waals surface area contributed by atoms with Gasteiger partial charge in [-0.1, -0.05) is 23.7 Å². The van der Waals surface area contributed by atoms with Gasteiger partial charge in [0.1, 0.15) is 0 Å². The van der Waals surface area contributed by atoms with Crippen molar-refractivity contribution in [1.29, 1.82) is 0 Å². The van der Waals surface area contributed by atoms with Gasteiger partial charge in [0.2, 0.25) is 0 Å². The van der Waals surface area contributed by atoms with Crippen LogP contribution >= 0.6 is 11.6 Å². The number of halogens is 1. The Labute approximate surface area is 129 Å². The number of carbonyl (C=O) groups is 1. The maximum atomic E-state index is 10.5. The minimum atomic E-state index is -1.03. The van der Waals surface area contributed by atoms with Crippen LogP contribution in [0.2, 0.25) is 5.02 Å². The lowest BCUT2D eigenvalue weighted by Crippen LogP contribution is -2.35. The maximum Gasteiger partial charge on any atom is 0.404 e. The lowest BCUT2D eigenvalue weighted by molar-refractivity contribution is 0.00494. The second kappa shape index (κ2) is 8.22. The molecular formula is C15H21ClN2O3. The molecule has 0 spiro atoms. The van der Waals surface area contributed by atoms with Crippen molar-refractivity contribution < 1.29 is 14.6 Å². The van der Waals surface area contributed by atoms with Gasteiger partial charge >= 0.3 is 6.09 Å². The first-order valence-corrected chi connectivity index (χ1v) is 7.59. The van der Waals surface area contributed by atoms with Crippen LogP contribution in [0.5, 0.6) is 0 Å². The third kappa shape index (κ3) is 5.19. The number of amides is 1. The first-order valence-electron chi connectivity index (χ1n) is 7.21. The second-order valence-corrected chi connectivity index (χ2v) is 5.62. The molecule has 1 saturated heterocycles. The highest BCUT2D eigenvalue weighted by Gasteiger charge is 2.25. The van der Waals surface area contributed by atoms with Gasteiger partial charge in [-0.2, -0.15) is 0 Å². The molecule has 2 atom stereocenters. The van der Waals surface area contributed by atoms with E-state index in [-0.39, 0.29) is 12.6 Å². The van der Waals surface area contributed by atoms with E-state index in [4.69, 9.17) is 21.4 Å². The number of hydrogen-bond acceptors (Lipinski definition) is 3. The van der Waals surface area contributed by atoms with Crippen molar-refractivity contribution in [3.8, 4) is 0 Å². The van der Waals surface area contributed by atoms with E-state index >= 15 is 0 Å². The van der Waals surface area contributed by atoms with Crippen molar-refractivity contribution in [2.24, 2.45) is 5.92 Å². The van der Waals surface area contributed by atoms with E-state index in [2.05, 4.69) is 10.6 Å². The van der Waals surface area contributed by atoms with E-state index in [1.807, 2.05) is 24.3 Å². The van der Waals surface area contributed by atoms with Gasteiger partial charge in [0.15, 0.2) is 0 Å². The van der Waals surface area contributed by atoms with Crippen molar-refractivity contribution >= 4 is 17.7 Å². The Morgan fingerprint density at radius 1 is 1.57 bits per heavy atom. The van der Waals surface area contributed by atoms with E-state index in [0.717, 1.165) is 31.5 Å². The minimum absolute atomic E-state index is 0.0629. The summed E-state index contributed by atoms with van der Waals surface area (Å²) in [6.07, 6.45) is 1.12. The van der Waals surface area contributed by atoms with E-state index in [1.54, 1.807) is 0 Å². The van der Waals surface area contributed by atoms with Gasteiger partial charge in [-0.25, -0.2) is 4.79 Å². The predicted octanol–water partition coefficient (Wildman–Crippen LogP) is 2.66. The number of nitrogens with one attached hydrogen (secondary N) is 2. The van der Waals surface area contributed by atoms with Crippen LogP contribution in [-0.2, 0) is 4.74 Å². The van der Waals surface area contributed by atoms with Crippen LogP contribution in [0.25, 0.3) is 0 Å².